The molecule has 0 unspecified atom stereocenters. The summed E-state index contributed by atoms with van der Waals surface area (Å²) >= 11 is 0. The Kier molecular flexibility index (Phi) is 6.03. The van der Waals surface area contributed by atoms with E-state index < -0.39 is 24.0 Å². The Hall–Kier alpha value is -1.10. The lowest BCUT2D eigenvalue weighted by Crippen LogP contribution is -2.52. The summed E-state index contributed by atoms with van der Waals surface area (Å²) in [5.41, 5.74) is 5.71. The number of nitrogens with one attached hydrogen (secondary N) is 1. The Bertz CT molecular complexity index is 254. The molecule has 0 spiro atoms. The topological polar surface area (TPSA) is 92.4 Å². The molecule has 0 aromatic rings. The van der Waals surface area contributed by atoms with Crippen LogP contribution in [0.15, 0.2) is 0 Å². The highest BCUT2D eigenvalue weighted by Crippen LogP contribution is 2.07. The molecule has 5 heteroatoms. The van der Waals surface area contributed by atoms with E-state index in [1.54, 1.807) is 13.8 Å². The Balaban J connectivity index is 4.46. The van der Waals surface area contributed by atoms with Gasteiger partial charge >= 0.3 is 5.97 Å². The smallest absolute Gasteiger partial charge is 0.326 e. The van der Waals surface area contributed by atoms with Crippen molar-refractivity contribution in [3.8, 4) is 0 Å². The van der Waals surface area contributed by atoms with E-state index >= 15 is 0 Å². The molecule has 16 heavy (non-hydrogen) atoms. The van der Waals surface area contributed by atoms with Crippen molar-refractivity contribution in [1.82, 2.24) is 5.32 Å². The Morgan fingerprint density at radius 3 is 2.12 bits per heavy atom. The highest BCUT2D eigenvalue weighted by Gasteiger charge is 2.27. The normalized spacial score (nSPS) is 16.6. The fourth-order valence-corrected chi connectivity index (χ4v) is 1.28. The summed E-state index contributed by atoms with van der Waals surface area (Å²) in [6.45, 7) is 7.30. The van der Waals surface area contributed by atoms with Crippen LogP contribution in [0.3, 0.4) is 0 Å². The highest BCUT2D eigenvalue weighted by atomic mass is 16.4. The summed E-state index contributed by atoms with van der Waals surface area (Å²) < 4.78 is 0. The first-order valence-corrected chi connectivity index (χ1v) is 5.60. The maximum atomic E-state index is 11.7. The predicted octanol–water partition coefficient (Wildman–Crippen LogP) is 0.585. The SMILES string of the molecule is CC[C@@H](C)[C@@H](N)C(=O)N[C@@H](C(=O)O)C(C)C. The van der Waals surface area contributed by atoms with Gasteiger partial charge < -0.3 is 16.2 Å². The standard InChI is InChI=1S/C11H22N2O3/c1-5-7(4)8(12)10(14)13-9(6(2)3)11(15)16/h6-9H,5,12H2,1-4H3,(H,13,14)(H,15,16)/t7-,8-,9-/m1/s1. The van der Waals surface area contributed by atoms with Crippen LogP contribution in [-0.4, -0.2) is 29.1 Å². The molecule has 1 amide bonds. The molecule has 94 valence electrons. The van der Waals surface area contributed by atoms with Crippen LogP contribution in [0.1, 0.15) is 34.1 Å². The maximum Gasteiger partial charge on any atom is 0.326 e. The van der Waals surface area contributed by atoms with Gasteiger partial charge in [0.2, 0.25) is 5.91 Å². The Morgan fingerprint density at radius 1 is 1.31 bits per heavy atom. The fourth-order valence-electron chi connectivity index (χ4n) is 1.28. The van der Waals surface area contributed by atoms with E-state index in [2.05, 4.69) is 5.32 Å². The molecule has 0 aromatic heterocycles. The number of nitrogens with two attached hydrogens (primary N) is 1. The summed E-state index contributed by atoms with van der Waals surface area (Å²) in [7, 11) is 0. The van der Waals surface area contributed by atoms with E-state index in [9.17, 15) is 9.59 Å². The first-order chi connectivity index (χ1) is 7.31. The number of hydrogen-bond acceptors (Lipinski definition) is 3. The Labute approximate surface area is 96.4 Å². The molecule has 0 rings (SSSR count). The second-order valence-electron chi connectivity index (χ2n) is 4.48. The second kappa shape index (κ2) is 6.48. The quantitative estimate of drug-likeness (QED) is 0.622. The monoisotopic (exact) mass is 230 g/mol. The number of amides is 1. The zero-order valence-corrected chi connectivity index (χ0v) is 10.4. The molecule has 0 aliphatic carbocycles. The number of carbonyl (C=O) groups is 2. The molecule has 0 saturated heterocycles. The van der Waals surface area contributed by atoms with Crippen LogP contribution in [0, 0.1) is 11.8 Å². The number of hydrogen-bond donors (Lipinski definition) is 3. The summed E-state index contributed by atoms with van der Waals surface area (Å²) in [5.74, 6) is -1.54. The summed E-state index contributed by atoms with van der Waals surface area (Å²) in [6, 6.07) is -1.52. The van der Waals surface area contributed by atoms with Gasteiger partial charge in [-0.1, -0.05) is 34.1 Å². The van der Waals surface area contributed by atoms with E-state index in [1.807, 2.05) is 13.8 Å². The average molecular weight is 230 g/mol. The molecule has 3 atom stereocenters. The molecule has 5 nitrogen and oxygen atoms in total. The van der Waals surface area contributed by atoms with Crippen molar-refractivity contribution in [2.24, 2.45) is 17.6 Å². The molecule has 0 aliphatic heterocycles. The molecule has 0 heterocycles. The molecule has 0 radical (unpaired) electrons. The number of aliphatic carboxylic acids is 1. The second-order valence-corrected chi connectivity index (χ2v) is 4.48. The van der Waals surface area contributed by atoms with Crippen LogP contribution in [0.4, 0.5) is 0 Å². The van der Waals surface area contributed by atoms with Crippen LogP contribution in [0.5, 0.6) is 0 Å². The minimum Gasteiger partial charge on any atom is -0.480 e. The van der Waals surface area contributed by atoms with E-state index in [0.717, 1.165) is 6.42 Å². The van der Waals surface area contributed by atoms with Gasteiger partial charge in [0.15, 0.2) is 0 Å². The van der Waals surface area contributed by atoms with Gasteiger partial charge in [-0.15, -0.1) is 0 Å². The molecule has 4 N–H and O–H groups in total. The lowest BCUT2D eigenvalue weighted by Gasteiger charge is -2.23. The number of carboxylic acid groups (broad SMARTS) is 1. The molecular weight excluding hydrogens is 208 g/mol. The Morgan fingerprint density at radius 2 is 1.81 bits per heavy atom. The zero-order chi connectivity index (χ0) is 12.9. The predicted molar refractivity (Wildman–Crippen MR) is 61.8 cm³/mol. The lowest BCUT2D eigenvalue weighted by molar-refractivity contribution is -0.143. The van der Waals surface area contributed by atoms with Crippen LogP contribution in [0.2, 0.25) is 0 Å². The number of carbonyl (C=O) groups excluding carboxylic acids is 1. The zero-order valence-electron chi connectivity index (χ0n) is 10.4. The van der Waals surface area contributed by atoms with Crippen molar-refractivity contribution in [1.29, 1.82) is 0 Å². The van der Waals surface area contributed by atoms with Crippen LogP contribution in [0.25, 0.3) is 0 Å². The largest absolute Gasteiger partial charge is 0.480 e. The highest BCUT2D eigenvalue weighted by molar-refractivity contribution is 5.87. The van der Waals surface area contributed by atoms with Gasteiger partial charge in [-0.05, 0) is 11.8 Å². The minimum atomic E-state index is -1.03. The third-order valence-electron chi connectivity index (χ3n) is 2.79. The van der Waals surface area contributed by atoms with Gasteiger partial charge in [-0.2, -0.15) is 0 Å². The van der Waals surface area contributed by atoms with Crippen molar-refractivity contribution in [3.05, 3.63) is 0 Å². The van der Waals surface area contributed by atoms with E-state index in [1.165, 1.54) is 0 Å². The van der Waals surface area contributed by atoms with E-state index in [-0.39, 0.29) is 11.8 Å². The molecule has 0 aromatic carbocycles. The summed E-state index contributed by atoms with van der Waals surface area (Å²) in [6.07, 6.45) is 0.786. The van der Waals surface area contributed by atoms with Crippen LogP contribution < -0.4 is 11.1 Å². The minimum absolute atomic E-state index is 0.0432. The van der Waals surface area contributed by atoms with Gasteiger partial charge in [-0.25, -0.2) is 4.79 Å². The third kappa shape index (κ3) is 4.18. The molecule has 0 aliphatic rings. The summed E-state index contributed by atoms with van der Waals surface area (Å²) in [5, 5.41) is 11.4. The summed E-state index contributed by atoms with van der Waals surface area (Å²) in [4.78, 5) is 22.5. The third-order valence-corrected chi connectivity index (χ3v) is 2.79. The van der Waals surface area contributed by atoms with Crippen LogP contribution in [-0.2, 0) is 9.59 Å². The maximum absolute atomic E-state index is 11.7. The van der Waals surface area contributed by atoms with Gasteiger partial charge in [-0.3, -0.25) is 4.79 Å². The van der Waals surface area contributed by atoms with E-state index in [4.69, 9.17) is 10.8 Å². The molecule has 0 fully saturated rings. The van der Waals surface area contributed by atoms with Gasteiger partial charge in [0.25, 0.3) is 0 Å². The molecule has 0 saturated carbocycles. The van der Waals surface area contributed by atoms with Gasteiger partial charge in [0.05, 0.1) is 6.04 Å². The van der Waals surface area contributed by atoms with Crippen LogP contribution >= 0.6 is 0 Å². The van der Waals surface area contributed by atoms with Crippen molar-refractivity contribution in [2.75, 3.05) is 0 Å². The molecule has 0 bridgehead atoms. The van der Waals surface area contributed by atoms with Crippen molar-refractivity contribution >= 4 is 11.9 Å². The fraction of sp³-hybridized carbons (Fsp3) is 0.818. The van der Waals surface area contributed by atoms with Gasteiger partial charge in [0.1, 0.15) is 6.04 Å². The van der Waals surface area contributed by atoms with Crippen molar-refractivity contribution in [3.63, 3.8) is 0 Å². The average Bonchev–Trinajstić information content (AvgIpc) is 2.22. The van der Waals surface area contributed by atoms with Crippen molar-refractivity contribution < 1.29 is 14.7 Å². The number of carboxylic acids is 1. The first-order valence-electron chi connectivity index (χ1n) is 5.60. The van der Waals surface area contributed by atoms with Gasteiger partial charge in [0, 0.05) is 0 Å². The number of rotatable bonds is 6. The first kappa shape index (κ1) is 14.9. The van der Waals surface area contributed by atoms with Crippen molar-refractivity contribution in [2.45, 2.75) is 46.2 Å². The van der Waals surface area contributed by atoms with E-state index in [0.29, 0.717) is 0 Å². The molecular formula is C11H22N2O3. The lowest BCUT2D eigenvalue weighted by atomic mass is 9.98.